The van der Waals surface area contributed by atoms with Crippen LogP contribution in [0.4, 0.5) is 4.79 Å². The molecule has 112 valence electrons. The van der Waals surface area contributed by atoms with E-state index >= 15 is 0 Å². The van der Waals surface area contributed by atoms with E-state index < -0.39 is 5.60 Å². The summed E-state index contributed by atoms with van der Waals surface area (Å²) in [7, 11) is 0. The van der Waals surface area contributed by atoms with Crippen molar-refractivity contribution >= 4 is 6.09 Å². The number of ether oxygens (including phenoxy) is 1. The van der Waals surface area contributed by atoms with Gasteiger partial charge in [0.05, 0.1) is 0 Å². The van der Waals surface area contributed by atoms with Gasteiger partial charge in [0.2, 0.25) is 0 Å². The summed E-state index contributed by atoms with van der Waals surface area (Å²) in [5.74, 6) is 1.32. The molecule has 3 heteroatoms. The fourth-order valence-corrected chi connectivity index (χ4v) is 4.60. The molecule has 1 heterocycles. The summed E-state index contributed by atoms with van der Waals surface area (Å²) in [4.78, 5) is 14.3. The summed E-state index contributed by atoms with van der Waals surface area (Å²) in [5.41, 5.74) is 1.49. The highest BCUT2D eigenvalue weighted by atomic mass is 16.6. The molecule has 20 heavy (non-hydrogen) atoms. The average molecular weight is 277 g/mol. The Kier molecular flexibility index (Phi) is 3.15. The Bertz CT molecular complexity index is 411. The lowest BCUT2D eigenvalue weighted by atomic mass is 9.47. The van der Waals surface area contributed by atoms with Gasteiger partial charge in [0, 0.05) is 13.1 Å². The molecule has 1 amide bonds. The van der Waals surface area contributed by atoms with E-state index in [2.05, 4.69) is 6.58 Å². The molecule has 1 saturated heterocycles. The maximum Gasteiger partial charge on any atom is 0.410 e. The first-order valence-corrected chi connectivity index (χ1v) is 7.95. The SMILES string of the molecule is C=C1CC2(C1)C1CCCC2CN(C(=O)OC(C)(C)C)C1. The molecule has 0 aromatic heterocycles. The Hall–Kier alpha value is -0.990. The number of hydrogen-bond donors (Lipinski definition) is 0. The number of likely N-dealkylation sites (tertiary alicyclic amines) is 1. The molecule has 2 atom stereocenters. The minimum Gasteiger partial charge on any atom is -0.444 e. The van der Waals surface area contributed by atoms with Gasteiger partial charge < -0.3 is 9.64 Å². The zero-order valence-corrected chi connectivity index (χ0v) is 13.1. The second-order valence-corrected chi connectivity index (χ2v) is 8.05. The van der Waals surface area contributed by atoms with Crippen molar-refractivity contribution in [3.8, 4) is 0 Å². The monoisotopic (exact) mass is 277 g/mol. The topological polar surface area (TPSA) is 29.5 Å². The zero-order chi connectivity index (χ0) is 14.5. The molecule has 1 spiro atoms. The third-order valence-corrected chi connectivity index (χ3v) is 5.42. The number of hydrogen-bond acceptors (Lipinski definition) is 2. The van der Waals surface area contributed by atoms with Crippen molar-refractivity contribution in [3.05, 3.63) is 12.2 Å². The van der Waals surface area contributed by atoms with E-state index in [1.165, 1.54) is 37.7 Å². The van der Waals surface area contributed by atoms with Crippen LogP contribution in [-0.4, -0.2) is 29.7 Å². The molecule has 2 saturated carbocycles. The molecule has 2 aliphatic carbocycles. The van der Waals surface area contributed by atoms with Crippen LogP contribution < -0.4 is 0 Å². The van der Waals surface area contributed by atoms with Crippen LogP contribution in [-0.2, 0) is 4.74 Å². The third kappa shape index (κ3) is 2.25. The number of nitrogens with zero attached hydrogens (tertiary/aromatic N) is 1. The predicted octanol–water partition coefficient (Wildman–Crippen LogP) is 3.99. The molecule has 2 bridgehead atoms. The Morgan fingerprint density at radius 1 is 1.25 bits per heavy atom. The summed E-state index contributed by atoms with van der Waals surface area (Å²) >= 11 is 0. The second kappa shape index (κ2) is 4.51. The summed E-state index contributed by atoms with van der Waals surface area (Å²) in [5, 5.41) is 0. The fourth-order valence-electron chi connectivity index (χ4n) is 4.60. The standard InChI is InChI=1S/C17H27NO2/c1-12-8-17(9-12)13-6-5-7-14(17)11-18(10-13)15(19)20-16(2,3)4/h13-14H,1,5-11H2,2-4H3. The predicted molar refractivity (Wildman–Crippen MR) is 79.4 cm³/mol. The highest BCUT2D eigenvalue weighted by Gasteiger charge is 2.56. The molecule has 3 rings (SSSR count). The molecule has 3 aliphatic rings. The van der Waals surface area contributed by atoms with Crippen molar-refractivity contribution in [2.75, 3.05) is 13.1 Å². The molecule has 0 aromatic rings. The van der Waals surface area contributed by atoms with E-state index in [1.54, 1.807) is 0 Å². The molecule has 3 nitrogen and oxygen atoms in total. The van der Waals surface area contributed by atoms with Crippen molar-refractivity contribution in [1.29, 1.82) is 0 Å². The van der Waals surface area contributed by atoms with Crippen molar-refractivity contribution < 1.29 is 9.53 Å². The Labute approximate surface area is 122 Å². The molecule has 0 radical (unpaired) electrons. The van der Waals surface area contributed by atoms with Gasteiger partial charge in [-0.05, 0) is 63.7 Å². The van der Waals surface area contributed by atoms with Gasteiger partial charge in [-0.1, -0.05) is 18.6 Å². The van der Waals surface area contributed by atoms with Crippen molar-refractivity contribution in [3.63, 3.8) is 0 Å². The number of amides is 1. The lowest BCUT2D eigenvalue weighted by Crippen LogP contribution is -2.60. The van der Waals surface area contributed by atoms with E-state index in [0.29, 0.717) is 17.3 Å². The summed E-state index contributed by atoms with van der Waals surface area (Å²) in [6, 6.07) is 0. The van der Waals surface area contributed by atoms with Crippen molar-refractivity contribution in [1.82, 2.24) is 4.90 Å². The first kappa shape index (κ1) is 14.0. The number of piperidine rings is 1. The fraction of sp³-hybridized carbons (Fsp3) is 0.824. The lowest BCUT2D eigenvalue weighted by molar-refractivity contribution is -0.0874. The molecule has 0 N–H and O–H groups in total. The first-order valence-electron chi connectivity index (χ1n) is 7.95. The van der Waals surface area contributed by atoms with Gasteiger partial charge in [-0.2, -0.15) is 0 Å². The van der Waals surface area contributed by atoms with Gasteiger partial charge in [0.15, 0.2) is 0 Å². The van der Waals surface area contributed by atoms with Crippen LogP contribution in [0.1, 0.15) is 52.9 Å². The van der Waals surface area contributed by atoms with Gasteiger partial charge in [-0.15, -0.1) is 0 Å². The minimum atomic E-state index is -0.397. The van der Waals surface area contributed by atoms with Crippen LogP contribution in [0, 0.1) is 17.3 Å². The van der Waals surface area contributed by atoms with Gasteiger partial charge in [0.1, 0.15) is 5.60 Å². The summed E-state index contributed by atoms with van der Waals surface area (Å²) in [6.07, 6.45) is 6.13. The maximum atomic E-state index is 12.3. The molecule has 1 aliphatic heterocycles. The van der Waals surface area contributed by atoms with Crippen LogP contribution in [0.25, 0.3) is 0 Å². The Morgan fingerprint density at radius 2 is 1.80 bits per heavy atom. The molecule has 2 unspecified atom stereocenters. The minimum absolute atomic E-state index is 0.123. The second-order valence-electron chi connectivity index (χ2n) is 8.05. The molecule has 3 fully saturated rings. The molecular weight excluding hydrogens is 250 g/mol. The van der Waals surface area contributed by atoms with Crippen molar-refractivity contribution in [2.24, 2.45) is 17.3 Å². The van der Waals surface area contributed by atoms with E-state index in [-0.39, 0.29) is 6.09 Å². The van der Waals surface area contributed by atoms with E-state index in [4.69, 9.17) is 4.74 Å². The number of rotatable bonds is 0. The van der Waals surface area contributed by atoms with E-state index in [9.17, 15) is 4.79 Å². The van der Waals surface area contributed by atoms with Crippen LogP contribution in [0.5, 0.6) is 0 Å². The number of allylic oxidation sites excluding steroid dienone is 1. The van der Waals surface area contributed by atoms with Gasteiger partial charge in [0.25, 0.3) is 0 Å². The van der Waals surface area contributed by atoms with Crippen LogP contribution in [0.2, 0.25) is 0 Å². The lowest BCUT2D eigenvalue weighted by Gasteiger charge is -2.61. The largest absolute Gasteiger partial charge is 0.444 e. The van der Waals surface area contributed by atoms with Crippen LogP contribution >= 0.6 is 0 Å². The van der Waals surface area contributed by atoms with E-state index in [1.807, 2.05) is 25.7 Å². The van der Waals surface area contributed by atoms with Gasteiger partial charge in [-0.25, -0.2) is 4.79 Å². The highest BCUT2D eigenvalue weighted by Crippen LogP contribution is 2.61. The summed E-state index contributed by atoms with van der Waals surface area (Å²) in [6.45, 7) is 11.7. The highest BCUT2D eigenvalue weighted by molar-refractivity contribution is 5.68. The van der Waals surface area contributed by atoms with Gasteiger partial charge >= 0.3 is 6.09 Å². The number of carbonyl (C=O) groups excluding carboxylic acids is 1. The van der Waals surface area contributed by atoms with Crippen molar-refractivity contribution in [2.45, 2.75) is 58.5 Å². The van der Waals surface area contributed by atoms with Crippen LogP contribution in [0.15, 0.2) is 12.2 Å². The third-order valence-electron chi connectivity index (χ3n) is 5.42. The zero-order valence-electron chi connectivity index (χ0n) is 13.1. The molecular formula is C17H27NO2. The number of carbonyl (C=O) groups is 1. The smallest absolute Gasteiger partial charge is 0.410 e. The summed E-state index contributed by atoms with van der Waals surface area (Å²) < 4.78 is 5.55. The van der Waals surface area contributed by atoms with E-state index in [0.717, 1.165) is 13.1 Å². The normalized spacial score (nSPS) is 31.9. The quantitative estimate of drug-likeness (QED) is 0.627. The van der Waals surface area contributed by atoms with Crippen LogP contribution in [0.3, 0.4) is 0 Å². The van der Waals surface area contributed by atoms with Gasteiger partial charge in [-0.3, -0.25) is 0 Å². The average Bonchev–Trinajstić information content (AvgIpc) is 2.23. The Morgan fingerprint density at radius 3 is 2.25 bits per heavy atom. The molecule has 0 aromatic carbocycles. The Balaban J connectivity index is 1.71. The maximum absolute atomic E-state index is 12.3. The first-order chi connectivity index (χ1) is 9.30.